The van der Waals surface area contributed by atoms with Crippen LogP contribution in [0.15, 0.2) is 0 Å². The van der Waals surface area contributed by atoms with Gasteiger partial charge in [0.25, 0.3) is 0 Å². The lowest BCUT2D eigenvalue weighted by atomic mass is 10.1. The highest BCUT2D eigenvalue weighted by atomic mass is 16.5. The van der Waals surface area contributed by atoms with Crippen LogP contribution in [0.25, 0.3) is 0 Å². The summed E-state index contributed by atoms with van der Waals surface area (Å²) in [6.45, 7) is 9.06. The molecule has 1 saturated heterocycles. The maximum Gasteiger partial charge on any atom is 0.237 e. The second-order valence-electron chi connectivity index (χ2n) is 5.44. The molecule has 0 spiro atoms. The van der Waals surface area contributed by atoms with E-state index in [0.717, 1.165) is 12.8 Å². The number of nitrogens with one attached hydrogen (secondary N) is 2. The molecule has 1 aliphatic rings. The van der Waals surface area contributed by atoms with Crippen LogP contribution in [0.2, 0.25) is 0 Å². The quantitative estimate of drug-likeness (QED) is 0.685. The van der Waals surface area contributed by atoms with Crippen LogP contribution in [-0.2, 0) is 14.3 Å². The zero-order valence-corrected chi connectivity index (χ0v) is 13.5. The Bertz CT molecular complexity index is 326. The van der Waals surface area contributed by atoms with Crippen LogP contribution < -0.4 is 10.6 Å². The average Bonchev–Trinajstić information content (AvgIpc) is 2.52. The molecule has 1 rings (SSSR count). The first-order valence-corrected chi connectivity index (χ1v) is 7.97. The Morgan fingerprint density at radius 3 is 2.38 bits per heavy atom. The molecule has 0 saturated carbocycles. The van der Waals surface area contributed by atoms with Gasteiger partial charge in [0.2, 0.25) is 11.8 Å². The lowest BCUT2D eigenvalue weighted by Gasteiger charge is -2.27. The average molecular weight is 299 g/mol. The molecule has 1 aliphatic heterocycles. The molecule has 122 valence electrons. The highest BCUT2D eigenvalue weighted by Gasteiger charge is 2.18. The Morgan fingerprint density at radius 1 is 1.19 bits per heavy atom. The monoisotopic (exact) mass is 299 g/mol. The number of hydrogen-bond donors (Lipinski definition) is 2. The molecule has 0 bridgehead atoms. The van der Waals surface area contributed by atoms with E-state index < -0.39 is 0 Å². The third-order valence-electron chi connectivity index (χ3n) is 3.88. The summed E-state index contributed by atoms with van der Waals surface area (Å²) in [5, 5.41) is 6.12. The van der Waals surface area contributed by atoms with Crippen molar-refractivity contribution in [2.45, 2.75) is 52.1 Å². The molecule has 0 aromatic rings. The van der Waals surface area contributed by atoms with E-state index in [2.05, 4.69) is 24.5 Å². The Balaban J connectivity index is 2.21. The van der Waals surface area contributed by atoms with E-state index in [0.29, 0.717) is 39.3 Å². The predicted octanol–water partition coefficient (Wildman–Crippen LogP) is 0.518. The predicted molar refractivity (Wildman–Crippen MR) is 82.0 cm³/mol. The number of ether oxygens (including phenoxy) is 1. The number of hydrogen-bond acceptors (Lipinski definition) is 4. The van der Waals surface area contributed by atoms with E-state index in [9.17, 15) is 9.59 Å². The smallest absolute Gasteiger partial charge is 0.237 e. The highest BCUT2D eigenvalue weighted by Crippen LogP contribution is 2.00. The fraction of sp³-hybridized carbons (Fsp3) is 0.867. The fourth-order valence-corrected chi connectivity index (χ4v) is 2.28. The van der Waals surface area contributed by atoms with Crippen molar-refractivity contribution in [3.63, 3.8) is 0 Å². The van der Waals surface area contributed by atoms with Crippen molar-refractivity contribution in [3.8, 4) is 0 Å². The van der Waals surface area contributed by atoms with Gasteiger partial charge < -0.3 is 20.3 Å². The molecule has 21 heavy (non-hydrogen) atoms. The summed E-state index contributed by atoms with van der Waals surface area (Å²) < 4.78 is 5.22. The molecule has 0 aromatic heterocycles. The number of morpholine rings is 1. The Hall–Kier alpha value is -1.14. The standard InChI is InChI=1S/C15H29N3O3/c1-4-13(5-2)17-15(20)12(3)16-7-6-14(19)18-8-10-21-11-9-18/h12-13,16H,4-11H2,1-3H3,(H,17,20). The zero-order valence-electron chi connectivity index (χ0n) is 13.5. The van der Waals surface area contributed by atoms with Gasteiger partial charge in [-0.2, -0.15) is 0 Å². The molecule has 6 heteroatoms. The van der Waals surface area contributed by atoms with Gasteiger partial charge in [-0.3, -0.25) is 9.59 Å². The Labute approximate surface area is 127 Å². The van der Waals surface area contributed by atoms with Gasteiger partial charge >= 0.3 is 0 Å². The third-order valence-corrected chi connectivity index (χ3v) is 3.88. The van der Waals surface area contributed by atoms with E-state index in [4.69, 9.17) is 4.74 Å². The molecule has 1 atom stereocenters. The molecule has 0 radical (unpaired) electrons. The van der Waals surface area contributed by atoms with Gasteiger partial charge in [-0.15, -0.1) is 0 Å². The topological polar surface area (TPSA) is 70.7 Å². The van der Waals surface area contributed by atoms with Crippen LogP contribution in [0.1, 0.15) is 40.0 Å². The lowest BCUT2D eigenvalue weighted by Crippen LogP contribution is -2.47. The van der Waals surface area contributed by atoms with Gasteiger partial charge in [-0.1, -0.05) is 13.8 Å². The maximum absolute atomic E-state index is 12.0. The lowest BCUT2D eigenvalue weighted by molar-refractivity contribution is -0.135. The van der Waals surface area contributed by atoms with Crippen molar-refractivity contribution in [1.29, 1.82) is 0 Å². The minimum Gasteiger partial charge on any atom is -0.378 e. The van der Waals surface area contributed by atoms with Crippen molar-refractivity contribution in [3.05, 3.63) is 0 Å². The maximum atomic E-state index is 12.0. The number of amides is 2. The highest BCUT2D eigenvalue weighted by molar-refractivity contribution is 5.81. The molecule has 2 N–H and O–H groups in total. The van der Waals surface area contributed by atoms with Crippen LogP contribution in [0.5, 0.6) is 0 Å². The minimum atomic E-state index is -0.275. The van der Waals surface area contributed by atoms with Crippen molar-refractivity contribution >= 4 is 11.8 Å². The van der Waals surface area contributed by atoms with Crippen LogP contribution >= 0.6 is 0 Å². The first kappa shape index (κ1) is 17.9. The van der Waals surface area contributed by atoms with E-state index in [1.165, 1.54) is 0 Å². The Morgan fingerprint density at radius 2 is 1.81 bits per heavy atom. The van der Waals surface area contributed by atoms with Crippen LogP contribution in [0.3, 0.4) is 0 Å². The normalized spacial score (nSPS) is 16.9. The Kier molecular flexibility index (Phi) is 8.30. The van der Waals surface area contributed by atoms with Crippen molar-refractivity contribution in [1.82, 2.24) is 15.5 Å². The number of nitrogens with zero attached hydrogens (tertiary/aromatic N) is 1. The summed E-state index contributed by atoms with van der Waals surface area (Å²) in [5.74, 6) is 0.126. The molecule has 0 aliphatic carbocycles. The van der Waals surface area contributed by atoms with Gasteiger partial charge in [0, 0.05) is 32.1 Å². The zero-order chi connectivity index (χ0) is 15.7. The van der Waals surface area contributed by atoms with Gasteiger partial charge in [-0.05, 0) is 19.8 Å². The first-order valence-electron chi connectivity index (χ1n) is 7.97. The van der Waals surface area contributed by atoms with E-state index in [1.54, 1.807) is 0 Å². The summed E-state index contributed by atoms with van der Waals surface area (Å²) in [6.07, 6.45) is 2.29. The minimum absolute atomic E-state index is 0.00233. The molecular weight excluding hydrogens is 270 g/mol. The molecule has 0 aromatic carbocycles. The molecule has 2 amide bonds. The summed E-state index contributed by atoms with van der Waals surface area (Å²) in [7, 11) is 0. The summed E-state index contributed by atoms with van der Waals surface area (Å²) in [4.78, 5) is 25.7. The van der Waals surface area contributed by atoms with E-state index in [-0.39, 0.29) is 23.9 Å². The van der Waals surface area contributed by atoms with E-state index >= 15 is 0 Å². The number of carbonyl (C=O) groups is 2. The number of carbonyl (C=O) groups excluding carboxylic acids is 2. The largest absolute Gasteiger partial charge is 0.378 e. The summed E-state index contributed by atoms with van der Waals surface area (Å²) in [6, 6.07) is -0.0418. The molecule has 1 fully saturated rings. The molecule has 1 heterocycles. The van der Waals surface area contributed by atoms with Gasteiger partial charge in [0.15, 0.2) is 0 Å². The van der Waals surface area contributed by atoms with E-state index in [1.807, 2.05) is 11.8 Å². The van der Waals surface area contributed by atoms with Gasteiger partial charge in [0.1, 0.15) is 0 Å². The third kappa shape index (κ3) is 6.44. The van der Waals surface area contributed by atoms with Crippen LogP contribution in [-0.4, -0.2) is 61.6 Å². The summed E-state index contributed by atoms with van der Waals surface area (Å²) in [5.41, 5.74) is 0. The first-order chi connectivity index (χ1) is 10.1. The molecule has 1 unspecified atom stereocenters. The fourth-order valence-electron chi connectivity index (χ4n) is 2.28. The van der Waals surface area contributed by atoms with Crippen molar-refractivity contribution < 1.29 is 14.3 Å². The number of rotatable bonds is 8. The van der Waals surface area contributed by atoms with Crippen LogP contribution in [0, 0.1) is 0 Å². The SMILES string of the molecule is CCC(CC)NC(=O)C(C)NCCC(=O)N1CCOCC1. The van der Waals surface area contributed by atoms with Gasteiger partial charge in [0.05, 0.1) is 19.3 Å². The second kappa shape index (κ2) is 9.73. The van der Waals surface area contributed by atoms with Crippen molar-refractivity contribution in [2.75, 3.05) is 32.8 Å². The van der Waals surface area contributed by atoms with Gasteiger partial charge in [-0.25, -0.2) is 0 Å². The second-order valence-corrected chi connectivity index (χ2v) is 5.44. The molecule has 6 nitrogen and oxygen atoms in total. The summed E-state index contributed by atoms with van der Waals surface area (Å²) >= 11 is 0. The van der Waals surface area contributed by atoms with Crippen molar-refractivity contribution in [2.24, 2.45) is 0 Å². The molecular formula is C15H29N3O3. The van der Waals surface area contributed by atoms with Crippen LogP contribution in [0.4, 0.5) is 0 Å².